The minimum Gasteiger partial charge on any atom is -0.756 e. The van der Waals surface area contributed by atoms with Crippen LogP contribution in [-0.2, 0) is 32.7 Å². The molecule has 0 aliphatic rings. The topological polar surface area (TPSA) is 111 Å². The third-order valence-electron chi connectivity index (χ3n) is 9.94. The summed E-state index contributed by atoms with van der Waals surface area (Å²) in [5.74, 6) is -0.582. The molecule has 0 aromatic rings. The van der Waals surface area contributed by atoms with Crippen LogP contribution in [0, 0.1) is 0 Å². The summed E-state index contributed by atoms with van der Waals surface area (Å²) >= 11 is 0. The van der Waals surface area contributed by atoms with Crippen LogP contribution < -0.4 is 4.89 Å². The number of carbonyl (C=O) groups excluding carboxylic acids is 2. The Bertz CT molecular complexity index is 1000. The molecule has 10 heteroatoms. The zero-order chi connectivity index (χ0) is 40.7. The molecule has 0 spiro atoms. The summed E-state index contributed by atoms with van der Waals surface area (Å²) in [5, 5.41) is 0. The van der Waals surface area contributed by atoms with Crippen LogP contribution in [0.3, 0.4) is 0 Å². The summed E-state index contributed by atoms with van der Waals surface area (Å²) in [4.78, 5) is 37.3. The predicted molar refractivity (Wildman–Crippen MR) is 227 cm³/mol. The molecule has 55 heavy (non-hydrogen) atoms. The fraction of sp³-hybridized carbons (Fsp3) is 0.867. The number of carbonyl (C=O) groups is 2. The zero-order valence-corrected chi connectivity index (χ0v) is 37.3. The number of unbranched alkanes of at least 4 members (excludes halogenated alkanes) is 22. The largest absolute Gasteiger partial charge is 0.756 e. The molecule has 0 aliphatic carbocycles. The maximum atomic E-state index is 12.9. The molecule has 0 bridgehead atoms. The Labute approximate surface area is 339 Å². The summed E-state index contributed by atoms with van der Waals surface area (Å²) < 4.78 is 33.3. The molecule has 2 unspecified atom stereocenters. The van der Waals surface area contributed by atoms with E-state index in [1.165, 1.54) is 103 Å². The summed E-state index contributed by atoms with van der Waals surface area (Å²) in [6, 6.07) is 0. The maximum Gasteiger partial charge on any atom is 0.306 e. The Kier molecular flexibility index (Phi) is 37.0. The molecule has 0 fully saturated rings. The lowest BCUT2D eigenvalue weighted by Crippen LogP contribution is -2.49. The van der Waals surface area contributed by atoms with Crippen LogP contribution in [0.1, 0.15) is 201 Å². The molecule has 0 saturated heterocycles. The average Bonchev–Trinajstić information content (AvgIpc) is 3.13. The van der Waals surface area contributed by atoms with Crippen molar-refractivity contribution in [2.75, 3.05) is 47.0 Å². The van der Waals surface area contributed by atoms with Crippen molar-refractivity contribution in [1.29, 1.82) is 0 Å². The summed E-state index contributed by atoms with van der Waals surface area (Å²) in [6.07, 6.45) is 40.3. The third kappa shape index (κ3) is 39.1. The van der Waals surface area contributed by atoms with Gasteiger partial charge in [0, 0.05) is 12.8 Å². The first-order valence-corrected chi connectivity index (χ1v) is 24.1. The number of rotatable bonds is 41. The number of allylic oxidation sites excluding steroid dienone is 4. The zero-order valence-electron chi connectivity index (χ0n) is 36.4. The van der Waals surface area contributed by atoms with Crippen LogP contribution >= 0.6 is 7.82 Å². The highest BCUT2D eigenvalue weighted by Crippen LogP contribution is 2.37. The number of likely N-dealkylation sites (N-methyl/N-ethyl adjacent to an activating group) is 1. The van der Waals surface area contributed by atoms with Crippen molar-refractivity contribution in [2.24, 2.45) is 0 Å². The van der Waals surface area contributed by atoms with Crippen LogP contribution in [0.4, 0.5) is 0 Å². The number of phosphoric ester groups is 1. The summed E-state index contributed by atoms with van der Waals surface area (Å²) in [7, 11) is -0.548. The minimum atomic E-state index is -4.35. The van der Waals surface area contributed by atoms with Gasteiger partial charge >= 0.3 is 11.9 Å². The van der Waals surface area contributed by atoms with Gasteiger partial charge in [-0.3, -0.25) is 14.2 Å². The van der Waals surface area contributed by atoms with Crippen molar-refractivity contribution in [1.82, 2.24) is 0 Å². The second-order valence-corrected chi connectivity index (χ2v) is 17.4. The van der Waals surface area contributed by atoms with Crippen LogP contribution in [0.25, 0.3) is 0 Å². The number of hydrogen-bond acceptors (Lipinski definition) is 8. The van der Waals surface area contributed by atoms with Gasteiger partial charge < -0.3 is 27.9 Å². The van der Waals surface area contributed by atoms with Crippen LogP contribution in [0.5, 0.6) is 0 Å². The van der Waals surface area contributed by atoms with Gasteiger partial charge in [0.15, 0.2) is 6.10 Å². The highest BCUT2D eigenvalue weighted by molar-refractivity contribution is 7.45. The van der Waals surface area contributed by atoms with Crippen molar-refractivity contribution in [3.8, 4) is 0 Å². The van der Waals surface area contributed by atoms with Crippen LogP contribution in [-0.4, -0.2) is 69.5 Å². The normalized spacial score (nSPS) is 13.8. The second kappa shape index (κ2) is 38.0. The number of hydrogen-bond donors (Lipinski definition) is 0. The standard InChI is InChI=1S/C45H86NO8P/c1-6-9-11-13-15-17-19-21-23-25-27-29-31-33-35-37-44(47)51-42-43(41-46(4,5)39-40-53-55(49,50)52-8-3)54-45(48)38-36-34-32-30-28-26-24-22-20-18-16-14-12-10-7-2/h21-24,43H,6-20,25-42H2,1-5H3/b23-21-,24-22-. The fourth-order valence-corrected chi connectivity index (χ4v) is 7.24. The van der Waals surface area contributed by atoms with Gasteiger partial charge in [-0.25, -0.2) is 0 Å². The molecule has 0 rings (SSSR count). The monoisotopic (exact) mass is 800 g/mol. The molecule has 324 valence electrons. The SMILES string of the molecule is CCCCCCCC/C=C\CCCCCCCC(=O)OCC(C[N+](C)(C)CCOP(=O)([O-])OCC)OC(=O)CCCCCCC/C=C\CCCCCCCC. The van der Waals surface area contributed by atoms with Crippen LogP contribution in [0.2, 0.25) is 0 Å². The molecule has 0 aliphatic heterocycles. The lowest BCUT2D eigenvalue weighted by atomic mass is 10.1. The van der Waals surface area contributed by atoms with Gasteiger partial charge in [0.05, 0.1) is 20.7 Å². The van der Waals surface area contributed by atoms with Gasteiger partial charge in [0.2, 0.25) is 0 Å². The fourth-order valence-electron chi connectivity index (χ4n) is 6.54. The molecule has 0 heterocycles. The smallest absolute Gasteiger partial charge is 0.306 e. The van der Waals surface area contributed by atoms with Gasteiger partial charge in [-0.2, -0.15) is 0 Å². The molecule has 0 amide bonds. The molecule has 0 aromatic heterocycles. The summed E-state index contributed by atoms with van der Waals surface area (Å²) in [5.41, 5.74) is 0. The van der Waals surface area contributed by atoms with E-state index in [0.717, 1.165) is 64.2 Å². The van der Waals surface area contributed by atoms with Crippen molar-refractivity contribution < 1.29 is 42.1 Å². The van der Waals surface area contributed by atoms with E-state index in [0.29, 0.717) is 30.4 Å². The highest BCUT2D eigenvalue weighted by Gasteiger charge is 2.27. The number of phosphoric acid groups is 1. The molecular formula is C45H86NO8P. The second-order valence-electron chi connectivity index (χ2n) is 16.0. The van der Waals surface area contributed by atoms with Crippen molar-refractivity contribution in [3.63, 3.8) is 0 Å². The maximum absolute atomic E-state index is 12.9. The van der Waals surface area contributed by atoms with Crippen molar-refractivity contribution in [3.05, 3.63) is 24.3 Å². The molecule has 9 nitrogen and oxygen atoms in total. The number of quaternary nitrogens is 1. The predicted octanol–water partition coefficient (Wildman–Crippen LogP) is 12.1. The van der Waals surface area contributed by atoms with E-state index in [-0.39, 0.29) is 31.8 Å². The van der Waals surface area contributed by atoms with Crippen molar-refractivity contribution >= 4 is 19.8 Å². The molecule has 0 radical (unpaired) electrons. The molecule has 0 N–H and O–H groups in total. The highest BCUT2D eigenvalue weighted by atomic mass is 31.2. The lowest BCUT2D eigenvalue weighted by molar-refractivity contribution is -0.893. The van der Waals surface area contributed by atoms with Crippen LogP contribution in [0.15, 0.2) is 24.3 Å². The van der Waals surface area contributed by atoms with Gasteiger partial charge in [-0.05, 0) is 71.1 Å². The van der Waals surface area contributed by atoms with E-state index in [1.807, 2.05) is 14.1 Å². The van der Waals surface area contributed by atoms with E-state index < -0.39 is 13.9 Å². The first kappa shape index (κ1) is 53.5. The number of ether oxygens (including phenoxy) is 2. The van der Waals surface area contributed by atoms with E-state index in [9.17, 15) is 19.0 Å². The Morgan fingerprint density at radius 2 is 0.982 bits per heavy atom. The van der Waals surface area contributed by atoms with Crippen molar-refractivity contribution in [2.45, 2.75) is 207 Å². The molecule has 0 aromatic carbocycles. The first-order chi connectivity index (χ1) is 26.5. The first-order valence-electron chi connectivity index (χ1n) is 22.6. The van der Waals surface area contributed by atoms with Gasteiger partial charge in [-0.15, -0.1) is 0 Å². The van der Waals surface area contributed by atoms with E-state index in [1.54, 1.807) is 6.92 Å². The van der Waals surface area contributed by atoms with Gasteiger partial charge in [0.25, 0.3) is 7.82 Å². The number of nitrogens with zero attached hydrogens (tertiary/aromatic N) is 1. The molecule has 2 atom stereocenters. The molecule has 0 saturated carbocycles. The Balaban J connectivity index is 4.48. The van der Waals surface area contributed by atoms with Gasteiger partial charge in [0.1, 0.15) is 26.3 Å². The third-order valence-corrected chi connectivity index (χ3v) is 11.0. The molecular weight excluding hydrogens is 713 g/mol. The summed E-state index contributed by atoms with van der Waals surface area (Å²) in [6.45, 7) is 6.69. The number of esters is 2. The van der Waals surface area contributed by atoms with E-state index >= 15 is 0 Å². The Hall–Kier alpha value is -1.51. The minimum absolute atomic E-state index is 0.0100. The van der Waals surface area contributed by atoms with E-state index in [2.05, 4.69) is 42.7 Å². The Morgan fingerprint density at radius 3 is 1.42 bits per heavy atom. The lowest BCUT2D eigenvalue weighted by Gasteiger charge is -2.33. The van der Waals surface area contributed by atoms with Gasteiger partial charge in [-0.1, -0.05) is 141 Å². The quantitative estimate of drug-likeness (QED) is 0.0198. The Morgan fingerprint density at radius 1 is 0.582 bits per heavy atom. The van der Waals surface area contributed by atoms with E-state index in [4.69, 9.17) is 14.0 Å². The average molecular weight is 800 g/mol.